The zero-order valence-electron chi connectivity index (χ0n) is 10.9. The molecule has 20 heavy (non-hydrogen) atoms. The molecule has 0 saturated heterocycles. The highest BCUT2D eigenvalue weighted by molar-refractivity contribution is 6.33. The summed E-state index contributed by atoms with van der Waals surface area (Å²) >= 11 is 12.5. The Hall–Kier alpha value is -1.51. The normalized spacial score (nSPS) is 20.6. The van der Waals surface area contributed by atoms with Crippen molar-refractivity contribution in [2.75, 3.05) is 5.32 Å². The van der Waals surface area contributed by atoms with Gasteiger partial charge in [0.25, 0.3) is 0 Å². The number of amides is 1. The van der Waals surface area contributed by atoms with Gasteiger partial charge in [0, 0.05) is 21.3 Å². The standard InChI is InChI=1S/C16H13Cl2NO/c1-16(9-10-5-2-3-6-11(10)17)14-12(18)7-4-8-13(14)19-15(16)20/h2-8H,9H2,1H3,(H,19,20). The summed E-state index contributed by atoms with van der Waals surface area (Å²) in [5.74, 6) is -0.0412. The average Bonchev–Trinajstić information content (AvgIpc) is 2.66. The Morgan fingerprint density at radius 1 is 1.05 bits per heavy atom. The maximum absolute atomic E-state index is 12.4. The number of fused-ring (bicyclic) bond motifs is 1. The third-order valence-corrected chi connectivity index (χ3v) is 4.50. The van der Waals surface area contributed by atoms with Crippen LogP contribution in [0.4, 0.5) is 5.69 Å². The van der Waals surface area contributed by atoms with Crippen LogP contribution in [0.2, 0.25) is 10.0 Å². The van der Waals surface area contributed by atoms with E-state index < -0.39 is 5.41 Å². The number of carbonyl (C=O) groups is 1. The molecule has 2 aromatic rings. The van der Waals surface area contributed by atoms with Crippen LogP contribution in [-0.4, -0.2) is 5.91 Å². The van der Waals surface area contributed by atoms with E-state index in [1.807, 2.05) is 49.4 Å². The monoisotopic (exact) mass is 305 g/mol. The van der Waals surface area contributed by atoms with Crippen molar-refractivity contribution in [2.45, 2.75) is 18.8 Å². The summed E-state index contributed by atoms with van der Waals surface area (Å²) in [6.07, 6.45) is 0.523. The summed E-state index contributed by atoms with van der Waals surface area (Å²) in [5, 5.41) is 4.18. The molecule has 1 N–H and O–H groups in total. The van der Waals surface area contributed by atoms with Crippen LogP contribution in [0.5, 0.6) is 0 Å². The smallest absolute Gasteiger partial charge is 0.235 e. The summed E-state index contributed by atoms with van der Waals surface area (Å²) < 4.78 is 0. The van der Waals surface area contributed by atoms with Crippen LogP contribution < -0.4 is 5.32 Å². The molecule has 2 aromatic carbocycles. The van der Waals surface area contributed by atoms with Crippen molar-refractivity contribution in [1.82, 2.24) is 0 Å². The minimum atomic E-state index is -0.696. The van der Waals surface area contributed by atoms with Gasteiger partial charge in [-0.25, -0.2) is 0 Å². The van der Waals surface area contributed by atoms with Gasteiger partial charge in [-0.1, -0.05) is 47.5 Å². The van der Waals surface area contributed by atoms with Crippen LogP contribution >= 0.6 is 23.2 Å². The van der Waals surface area contributed by atoms with Crippen molar-refractivity contribution in [1.29, 1.82) is 0 Å². The van der Waals surface area contributed by atoms with E-state index >= 15 is 0 Å². The lowest BCUT2D eigenvalue weighted by atomic mass is 9.78. The SMILES string of the molecule is CC1(Cc2ccccc2Cl)C(=O)Nc2cccc(Cl)c21. The summed E-state index contributed by atoms with van der Waals surface area (Å²) in [7, 11) is 0. The van der Waals surface area contributed by atoms with E-state index in [-0.39, 0.29) is 5.91 Å². The molecule has 4 heteroatoms. The van der Waals surface area contributed by atoms with Crippen LogP contribution in [0.3, 0.4) is 0 Å². The lowest BCUT2D eigenvalue weighted by molar-refractivity contribution is -0.120. The molecule has 1 heterocycles. The maximum atomic E-state index is 12.4. The number of benzene rings is 2. The third kappa shape index (κ3) is 2.00. The first-order valence-corrected chi connectivity index (χ1v) is 7.12. The van der Waals surface area contributed by atoms with Gasteiger partial charge in [-0.2, -0.15) is 0 Å². The second-order valence-corrected chi connectivity index (χ2v) is 6.03. The Morgan fingerprint density at radius 3 is 2.50 bits per heavy atom. The number of anilines is 1. The quantitative estimate of drug-likeness (QED) is 0.873. The van der Waals surface area contributed by atoms with Crippen LogP contribution in [0.15, 0.2) is 42.5 Å². The molecule has 1 aliphatic heterocycles. The van der Waals surface area contributed by atoms with Crippen LogP contribution in [0.1, 0.15) is 18.1 Å². The van der Waals surface area contributed by atoms with E-state index in [0.717, 1.165) is 16.8 Å². The average molecular weight is 306 g/mol. The molecule has 0 spiro atoms. The molecule has 1 atom stereocenters. The minimum Gasteiger partial charge on any atom is -0.325 e. The predicted molar refractivity (Wildman–Crippen MR) is 82.6 cm³/mol. The van der Waals surface area contributed by atoms with E-state index in [2.05, 4.69) is 5.32 Å². The van der Waals surface area contributed by atoms with Gasteiger partial charge in [0.2, 0.25) is 5.91 Å². The topological polar surface area (TPSA) is 29.1 Å². The Morgan fingerprint density at radius 2 is 1.75 bits per heavy atom. The fourth-order valence-corrected chi connectivity index (χ4v) is 3.34. The Balaban J connectivity index is 2.09. The van der Waals surface area contributed by atoms with E-state index in [1.54, 1.807) is 0 Å². The first-order chi connectivity index (χ1) is 9.52. The summed E-state index contributed by atoms with van der Waals surface area (Å²) in [6.45, 7) is 1.91. The van der Waals surface area contributed by atoms with Crippen molar-refractivity contribution < 1.29 is 4.79 Å². The van der Waals surface area contributed by atoms with Gasteiger partial charge in [-0.15, -0.1) is 0 Å². The summed E-state index contributed by atoms with van der Waals surface area (Å²) in [6, 6.07) is 13.1. The summed E-state index contributed by atoms with van der Waals surface area (Å²) in [4.78, 5) is 12.4. The van der Waals surface area contributed by atoms with Gasteiger partial charge in [-0.05, 0) is 37.1 Å². The highest BCUT2D eigenvalue weighted by Crippen LogP contribution is 2.44. The number of hydrogen-bond donors (Lipinski definition) is 1. The largest absolute Gasteiger partial charge is 0.325 e. The molecule has 102 valence electrons. The van der Waals surface area contributed by atoms with Crippen molar-refractivity contribution in [3.05, 3.63) is 63.6 Å². The first-order valence-electron chi connectivity index (χ1n) is 6.36. The Kier molecular flexibility index (Phi) is 3.23. The Bertz CT molecular complexity index is 699. The van der Waals surface area contributed by atoms with E-state index in [1.165, 1.54) is 0 Å². The zero-order chi connectivity index (χ0) is 14.3. The fourth-order valence-electron chi connectivity index (χ4n) is 2.75. The van der Waals surface area contributed by atoms with Crippen molar-refractivity contribution in [2.24, 2.45) is 0 Å². The molecule has 1 unspecified atom stereocenters. The molecule has 0 aliphatic carbocycles. The molecule has 0 radical (unpaired) electrons. The van der Waals surface area contributed by atoms with Crippen molar-refractivity contribution in [3.8, 4) is 0 Å². The second-order valence-electron chi connectivity index (χ2n) is 5.22. The number of hydrogen-bond acceptors (Lipinski definition) is 1. The minimum absolute atomic E-state index is 0.0412. The fraction of sp³-hybridized carbons (Fsp3) is 0.188. The van der Waals surface area contributed by atoms with Crippen molar-refractivity contribution in [3.63, 3.8) is 0 Å². The summed E-state index contributed by atoms with van der Waals surface area (Å²) in [5.41, 5.74) is 1.89. The number of carbonyl (C=O) groups excluding carboxylic acids is 1. The van der Waals surface area contributed by atoms with Gasteiger partial charge in [0.15, 0.2) is 0 Å². The third-order valence-electron chi connectivity index (χ3n) is 3.82. The molecule has 1 amide bonds. The first kappa shape index (κ1) is 13.5. The van der Waals surface area contributed by atoms with Crippen LogP contribution in [0.25, 0.3) is 0 Å². The van der Waals surface area contributed by atoms with Gasteiger partial charge < -0.3 is 5.32 Å². The lowest BCUT2D eigenvalue weighted by Gasteiger charge is -2.23. The Labute approximate surface area is 127 Å². The number of nitrogens with one attached hydrogen (secondary N) is 1. The molecule has 0 bridgehead atoms. The van der Waals surface area contributed by atoms with Gasteiger partial charge in [0.1, 0.15) is 0 Å². The van der Waals surface area contributed by atoms with Crippen molar-refractivity contribution >= 4 is 34.8 Å². The predicted octanol–water partition coefficient (Wildman–Crippen LogP) is 4.45. The van der Waals surface area contributed by atoms with E-state index in [0.29, 0.717) is 16.5 Å². The van der Waals surface area contributed by atoms with E-state index in [4.69, 9.17) is 23.2 Å². The molecular weight excluding hydrogens is 293 g/mol. The number of halogens is 2. The molecule has 1 aliphatic rings. The van der Waals surface area contributed by atoms with Gasteiger partial charge in [0.05, 0.1) is 5.41 Å². The molecule has 0 fully saturated rings. The van der Waals surface area contributed by atoms with Crippen LogP contribution in [0, 0.1) is 0 Å². The molecular formula is C16H13Cl2NO. The molecule has 0 saturated carbocycles. The van der Waals surface area contributed by atoms with Gasteiger partial charge in [-0.3, -0.25) is 4.79 Å². The van der Waals surface area contributed by atoms with E-state index in [9.17, 15) is 4.79 Å². The molecule has 2 nitrogen and oxygen atoms in total. The highest BCUT2D eigenvalue weighted by atomic mass is 35.5. The zero-order valence-corrected chi connectivity index (χ0v) is 12.4. The second kappa shape index (κ2) is 4.80. The molecule has 3 rings (SSSR count). The molecule has 0 aromatic heterocycles. The number of rotatable bonds is 2. The van der Waals surface area contributed by atoms with Crippen LogP contribution in [-0.2, 0) is 16.6 Å². The van der Waals surface area contributed by atoms with Gasteiger partial charge >= 0.3 is 0 Å². The maximum Gasteiger partial charge on any atom is 0.235 e. The lowest BCUT2D eigenvalue weighted by Crippen LogP contribution is -2.33. The highest BCUT2D eigenvalue weighted by Gasteiger charge is 2.44.